The number of nitrogens with one attached hydrogen (secondary N) is 1. The summed E-state index contributed by atoms with van der Waals surface area (Å²) in [5.41, 5.74) is -0.824. The predicted octanol–water partition coefficient (Wildman–Crippen LogP) is 1.45. The van der Waals surface area contributed by atoms with Gasteiger partial charge in [0.25, 0.3) is 11.6 Å². The molecule has 0 bridgehead atoms. The molecule has 0 heterocycles. The molecule has 0 fully saturated rings. The van der Waals surface area contributed by atoms with Gasteiger partial charge in [-0.3, -0.25) is 19.7 Å². The summed E-state index contributed by atoms with van der Waals surface area (Å²) in [6.07, 6.45) is 0. The second-order valence-corrected chi connectivity index (χ2v) is 3.83. The van der Waals surface area contributed by atoms with Crippen LogP contribution in [0.1, 0.15) is 17.3 Å². The predicted molar refractivity (Wildman–Crippen MR) is 62.7 cm³/mol. The molecule has 7 nitrogen and oxygen atoms in total. The Morgan fingerprint density at radius 3 is 2.61 bits per heavy atom. The summed E-state index contributed by atoms with van der Waals surface area (Å²) in [5, 5.41) is 21.4. The van der Waals surface area contributed by atoms with Crippen molar-refractivity contribution in [3.05, 3.63) is 38.9 Å². The van der Waals surface area contributed by atoms with Crippen molar-refractivity contribution in [1.82, 2.24) is 5.32 Å². The van der Waals surface area contributed by atoms with E-state index < -0.39 is 28.5 Å². The normalized spacial score (nSPS) is 11.7. The first-order chi connectivity index (χ1) is 8.34. The minimum Gasteiger partial charge on any atom is -0.480 e. The van der Waals surface area contributed by atoms with Crippen molar-refractivity contribution in [3.63, 3.8) is 0 Å². The van der Waals surface area contributed by atoms with E-state index in [1.807, 2.05) is 0 Å². The Morgan fingerprint density at radius 1 is 1.50 bits per heavy atom. The van der Waals surface area contributed by atoms with Gasteiger partial charge in [-0.05, 0) is 13.0 Å². The lowest BCUT2D eigenvalue weighted by Gasteiger charge is -2.10. The Kier molecular flexibility index (Phi) is 4.22. The van der Waals surface area contributed by atoms with Crippen LogP contribution < -0.4 is 5.32 Å². The molecule has 1 aromatic rings. The molecule has 96 valence electrons. The number of halogens is 1. The third-order valence-electron chi connectivity index (χ3n) is 2.13. The van der Waals surface area contributed by atoms with Gasteiger partial charge in [0.1, 0.15) is 11.6 Å². The SMILES string of the molecule is CC(NC(=O)c1c(Cl)cccc1[N+](=O)[O-])C(=O)O. The summed E-state index contributed by atoms with van der Waals surface area (Å²) in [5.74, 6) is -2.15. The van der Waals surface area contributed by atoms with E-state index in [1.165, 1.54) is 19.1 Å². The molecule has 0 saturated carbocycles. The lowest BCUT2D eigenvalue weighted by Crippen LogP contribution is -2.38. The fourth-order valence-electron chi connectivity index (χ4n) is 1.22. The van der Waals surface area contributed by atoms with E-state index in [0.29, 0.717) is 0 Å². The molecule has 0 spiro atoms. The average molecular weight is 273 g/mol. The van der Waals surface area contributed by atoms with E-state index >= 15 is 0 Å². The number of carbonyl (C=O) groups excluding carboxylic acids is 1. The van der Waals surface area contributed by atoms with Crippen LogP contribution in [0.4, 0.5) is 5.69 Å². The highest BCUT2D eigenvalue weighted by molar-refractivity contribution is 6.34. The van der Waals surface area contributed by atoms with Crippen LogP contribution >= 0.6 is 11.6 Å². The first kappa shape index (κ1) is 13.9. The average Bonchev–Trinajstić information content (AvgIpc) is 2.27. The number of amides is 1. The van der Waals surface area contributed by atoms with Crippen LogP contribution in [0.5, 0.6) is 0 Å². The van der Waals surface area contributed by atoms with Gasteiger partial charge >= 0.3 is 5.97 Å². The van der Waals surface area contributed by atoms with Gasteiger partial charge in [0.2, 0.25) is 0 Å². The number of nitro benzene ring substituents is 1. The van der Waals surface area contributed by atoms with E-state index in [9.17, 15) is 19.7 Å². The van der Waals surface area contributed by atoms with Gasteiger partial charge in [-0.15, -0.1) is 0 Å². The molecule has 0 aliphatic carbocycles. The van der Waals surface area contributed by atoms with Crippen molar-refractivity contribution >= 4 is 29.2 Å². The summed E-state index contributed by atoms with van der Waals surface area (Å²) < 4.78 is 0. The Labute approximate surface area is 107 Å². The maximum Gasteiger partial charge on any atom is 0.325 e. The Balaban J connectivity index is 3.12. The number of nitrogens with zero attached hydrogens (tertiary/aromatic N) is 1. The summed E-state index contributed by atoms with van der Waals surface area (Å²) in [4.78, 5) is 32.3. The Morgan fingerprint density at radius 2 is 2.11 bits per heavy atom. The largest absolute Gasteiger partial charge is 0.480 e. The lowest BCUT2D eigenvalue weighted by molar-refractivity contribution is -0.385. The highest BCUT2D eigenvalue weighted by Crippen LogP contribution is 2.26. The molecule has 1 aromatic carbocycles. The molecule has 0 radical (unpaired) electrons. The number of hydrogen-bond donors (Lipinski definition) is 2. The van der Waals surface area contributed by atoms with E-state index in [1.54, 1.807) is 0 Å². The van der Waals surface area contributed by atoms with Crippen molar-refractivity contribution < 1.29 is 19.6 Å². The molecule has 0 aliphatic rings. The molecule has 18 heavy (non-hydrogen) atoms. The fourth-order valence-corrected chi connectivity index (χ4v) is 1.48. The standard InChI is InChI=1S/C10H9ClN2O5/c1-5(10(15)16)12-9(14)8-6(11)3-2-4-7(8)13(17)18/h2-5H,1H3,(H,12,14)(H,15,16). The molecule has 8 heteroatoms. The first-order valence-corrected chi connectivity index (χ1v) is 5.19. The van der Waals surface area contributed by atoms with Crippen LogP contribution in [0.3, 0.4) is 0 Å². The van der Waals surface area contributed by atoms with Crippen LogP contribution in [0.2, 0.25) is 5.02 Å². The molecule has 0 saturated heterocycles. The second kappa shape index (κ2) is 5.46. The number of hydrogen-bond acceptors (Lipinski definition) is 4. The number of benzene rings is 1. The number of carboxylic acid groups (broad SMARTS) is 1. The van der Waals surface area contributed by atoms with E-state index in [4.69, 9.17) is 16.7 Å². The van der Waals surface area contributed by atoms with E-state index in [0.717, 1.165) is 6.07 Å². The molecular weight excluding hydrogens is 264 g/mol. The van der Waals surface area contributed by atoms with Gasteiger partial charge in [0, 0.05) is 6.07 Å². The third kappa shape index (κ3) is 2.95. The number of nitro groups is 1. The van der Waals surface area contributed by atoms with Crippen LogP contribution in [-0.4, -0.2) is 27.9 Å². The monoisotopic (exact) mass is 272 g/mol. The highest BCUT2D eigenvalue weighted by atomic mass is 35.5. The van der Waals surface area contributed by atoms with Crippen molar-refractivity contribution in [2.45, 2.75) is 13.0 Å². The van der Waals surface area contributed by atoms with Crippen molar-refractivity contribution in [2.75, 3.05) is 0 Å². The molecular formula is C10H9ClN2O5. The van der Waals surface area contributed by atoms with Gasteiger partial charge in [-0.25, -0.2) is 0 Å². The molecule has 1 amide bonds. The first-order valence-electron chi connectivity index (χ1n) is 4.81. The van der Waals surface area contributed by atoms with Gasteiger partial charge < -0.3 is 10.4 Å². The van der Waals surface area contributed by atoms with E-state index in [2.05, 4.69) is 5.32 Å². The van der Waals surface area contributed by atoms with Crippen LogP contribution in [0, 0.1) is 10.1 Å². The summed E-state index contributed by atoms with van der Waals surface area (Å²) >= 11 is 5.72. The molecule has 0 aromatic heterocycles. The number of carboxylic acids is 1. The fraction of sp³-hybridized carbons (Fsp3) is 0.200. The number of carbonyl (C=O) groups is 2. The zero-order chi connectivity index (χ0) is 13.9. The zero-order valence-electron chi connectivity index (χ0n) is 9.21. The minimum atomic E-state index is -1.25. The molecule has 1 unspecified atom stereocenters. The summed E-state index contributed by atoms with van der Waals surface area (Å²) in [6, 6.07) is 2.59. The third-order valence-corrected chi connectivity index (χ3v) is 2.45. The molecule has 1 atom stereocenters. The van der Waals surface area contributed by atoms with Gasteiger partial charge in [0.15, 0.2) is 0 Å². The summed E-state index contributed by atoms with van der Waals surface area (Å²) in [6.45, 7) is 1.24. The molecule has 0 aliphatic heterocycles. The van der Waals surface area contributed by atoms with Crippen LogP contribution in [-0.2, 0) is 4.79 Å². The van der Waals surface area contributed by atoms with Crippen molar-refractivity contribution in [1.29, 1.82) is 0 Å². The zero-order valence-corrected chi connectivity index (χ0v) is 9.97. The van der Waals surface area contributed by atoms with E-state index in [-0.39, 0.29) is 10.6 Å². The molecule has 1 rings (SSSR count). The second-order valence-electron chi connectivity index (χ2n) is 3.42. The number of aliphatic carboxylic acids is 1. The number of rotatable bonds is 4. The van der Waals surface area contributed by atoms with Crippen molar-refractivity contribution in [3.8, 4) is 0 Å². The Bertz CT molecular complexity index is 517. The van der Waals surface area contributed by atoms with Crippen LogP contribution in [0.25, 0.3) is 0 Å². The van der Waals surface area contributed by atoms with Gasteiger partial charge in [-0.1, -0.05) is 17.7 Å². The highest BCUT2D eigenvalue weighted by Gasteiger charge is 2.25. The minimum absolute atomic E-state index is 0.112. The van der Waals surface area contributed by atoms with Gasteiger partial charge in [-0.2, -0.15) is 0 Å². The lowest BCUT2D eigenvalue weighted by atomic mass is 10.1. The van der Waals surface area contributed by atoms with Gasteiger partial charge in [0.05, 0.1) is 9.95 Å². The quantitative estimate of drug-likeness (QED) is 0.637. The molecule has 2 N–H and O–H groups in total. The topological polar surface area (TPSA) is 110 Å². The Hall–Kier alpha value is -2.15. The maximum absolute atomic E-state index is 11.7. The van der Waals surface area contributed by atoms with Crippen molar-refractivity contribution in [2.24, 2.45) is 0 Å². The van der Waals surface area contributed by atoms with Crippen LogP contribution in [0.15, 0.2) is 18.2 Å². The maximum atomic E-state index is 11.7. The smallest absolute Gasteiger partial charge is 0.325 e. The summed E-state index contributed by atoms with van der Waals surface area (Å²) in [7, 11) is 0.